The minimum absolute atomic E-state index is 0.0107. The predicted octanol–water partition coefficient (Wildman–Crippen LogP) is -1.08. The van der Waals surface area contributed by atoms with Crippen molar-refractivity contribution in [2.75, 3.05) is 18.8 Å². The minimum atomic E-state index is -1.98. The smallest absolute Gasteiger partial charge is 0.305 e. The number of aromatic amines is 1. The van der Waals surface area contributed by atoms with E-state index in [0.717, 1.165) is 6.42 Å². The molecule has 1 fully saturated rings. The number of carbonyl (C=O) groups is 14. The molecule has 15 atom stereocenters. The average Bonchev–Trinajstić information content (AvgIpc) is 1.37. The molecule has 100 heavy (non-hydrogen) atoms. The van der Waals surface area contributed by atoms with E-state index < -0.39 is 186 Å². The first-order valence-electron chi connectivity index (χ1n) is 34.0. The number of imidazole rings is 1. The van der Waals surface area contributed by atoms with Gasteiger partial charge < -0.3 is 90.3 Å². The Labute approximate surface area is 585 Å². The number of aromatic nitrogens is 2. The van der Waals surface area contributed by atoms with Gasteiger partial charge in [0.2, 0.25) is 59.1 Å². The van der Waals surface area contributed by atoms with Crippen molar-refractivity contribution in [3.8, 4) is 0 Å². The second-order valence-corrected chi connectivity index (χ2v) is 26.9. The molecule has 3 heterocycles. The molecule has 2 aliphatic rings. The highest BCUT2D eigenvalue weighted by Crippen LogP contribution is 2.25. The summed E-state index contributed by atoms with van der Waals surface area (Å²) in [6, 6.07) is -7.76. The van der Waals surface area contributed by atoms with Gasteiger partial charge in [-0.3, -0.25) is 72.1 Å². The molecule has 1 saturated heterocycles. The second-order valence-electron chi connectivity index (χ2n) is 25.9. The third kappa shape index (κ3) is 27.6. The van der Waals surface area contributed by atoms with E-state index in [4.69, 9.17) is 11.5 Å². The van der Waals surface area contributed by atoms with E-state index in [1.165, 1.54) is 24.3 Å². The van der Waals surface area contributed by atoms with E-state index in [9.17, 15) is 82.4 Å². The fourth-order valence-electron chi connectivity index (χ4n) is 10.9. The fraction of sp³-hybridized carbons (Fsp3) is 0.636. The maximum absolute atomic E-state index is 14.9. The molecule has 11 amide bonds. The predicted molar refractivity (Wildman–Crippen MR) is 368 cm³/mol. The number of hydrogen-bond acceptors (Lipinski definition) is 19. The van der Waals surface area contributed by atoms with Crippen LogP contribution in [0.15, 0.2) is 47.8 Å². The Bertz CT molecular complexity index is 3160. The van der Waals surface area contributed by atoms with Crippen molar-refractivity contribution in [1.29, 1.82) is 0 Å². The highest BCUT2D eigenvalue weighted by atomic mass is 32.2. The SMILES string of the molecule is CCC(C)C(N)C1=NC(C(=O)N[C@H](CC(C)C)C(=O)N[C@@H](CCC(=O)O)C(=O)N[C@@H](C(=O)N[C@@H]2CCCCNC(=O)[C@@H](CC(=O)O)NC(=O)[C@H](CC(=O)O)NC(=O)[C@@H](Cc3cnc[nH]3)NC(=O)[C@@H](Cc3ccccc3)NC(=O)[C@@H](C(C)CC)NC(=O)[C@H](CCCN)NC2=O)C(C)CC)SC1. The Morgan fingerprint density at radius 2 is 1.22 bits per heavy atom. The lowest BCUT2D eigenvalue weighted by molar-refractivity contribution is -0.143. The number of H-pyrrole nitrogens is 1. The first-order chi connectivity index (χ1) is 47.4. The molecule has 4 rings (SSSR count). The standard InChI is InChI=1S/C66H102N16O17S/c1-9-35(6)52(68)48-32-100-66(80-48)65(99)79-43(26-34(4)5)59(93)73-42(22-23-49(83)84)58(92)82-53(36(7)10-2)63(97)74-40-20-15-16-25-70-55(89)46(29-50(85)86)76-62(96)47(30-51(87)88)77-61(95)45(28-39-31-69-33-71-39)75-60(94)44(27-38-18-13-12-14-19-38)78-64(98)54(37(8)11-3)81-57(91)41(21-17-24-67)72-56(40)90/h12-14,18-19,31,33-37,40-47,52-54,66H,9-11,15-17,20-30,32,67-68H2,1-8H3,(H,69,71)(H,70,89)(H,72,90)(H,73,93)(H,74,97)(H,75,94)(H,76,96)(H,77,95)(H,78,98)(H,79,99)(H,81,91)(H,82,92)(H,83,84)(H,85,86)(H,87,88)/t35?,36?,37?,40-,41+,42+,43-,44-,45-,46-,47+,52?,53-,54-,66?/m1/s1. The summed E-state index contributed by atoms with van der Waals surface area (Å²) in [5.74, 6) is -16.1. The van der Waals surface area contributed by atoms with Crippen LogP contribution in [0.25, 0.3) is 0 Å². The van der Waals surface area contributed by atoms with Crippen molar-refractivity contribution in [2.24, 2.45) is 40.1 Å². The number of carboxylic acids is 3. The van der Waals surface area contributed by atoms with Crippen LogP contribution in [-0.4, -0.2) is 205 Å². The van der Waals surface area contributed by atoms with E-state index in [0.29, 0.717) is 17.0 Å². The summed E-state index contributed by atoms with van der Waals surface area (Å²) in [4.78, 5) is 206. The zero-order valence-electron chi connectivity index (χ0n) is 58.0. The summed E-state index contributed by atoms with van der Waals surface area (Å²) < 4.78 is 0. The maximum Gasteiger partial charge on any atom is 0.305 e. The van der Waals surface area contributed by atoms with E-state index in [1.807, 2.05) is 13.8 Å². The number of benzene rings is 1. The van der Waals surface area contributed by atoms with Gasteiger partial charge in [-0.25, -0.2) is 4.98 Å². The highest BCUT2D eigenvalue weighted by molar-refractivity contribution is 8.01. The van der Waals surface area contributed by atoms with E-state index in [2.05, 4.69) is 73.4 Å². The van der Waals surface area contributed by atoms with Crippen molar-refractivity contribution in [3.05, 3.63) is 54.1 Å². The lowest BCUT2D eigenvalue weighted by atomic mass is 9.96. The molecule has 33 nitrogen and oxygen atoms in total. The molecular weight excluding hydrogens is 1320 g/mol. The molecule has 554 valence electrons. The summed E-state index contributed by atoms with van der Waals surface area (Å²) >= 11 is 1.23. The van der Waals surface area contributed by atoms with Gasteiger partial charge >= 0.3 is 17.9 Å². The van der Waals surface area contributed by atoms with Crippen LogP contribution in [0.1, 0.15) is 150 Å². The fourth-order valence-corrected chi connectivity index (χ4v) is 11.9. The molecule has 5 unspecified atom stereocenters. The molecule has 0 saturated carbocycles. The number of aliphatic imine (C=N–C) groups is 1. The Balaban J connectivity index is 1.77. The number of nitrogens with one attached hydrogen (secondary N) is 12. The van der Waals surface area contributed by atoms with E-state index in [-0.39, 0.29) is 101 Å². The van der Waals surface area contributed by atoms with Crippen LogP contribution in [0, 0.1) is 23.7 Å². The molecule has 2 aromatic rings. The number of amides is 11. The number of aliphatic carboxylic acids is 3. The first kappa shape index (κ1) is 83.4. The zero-order chi connectivity index (χ0) is 74.3. The summed E-state index contributed by atoms with van der Waals surface area (Å²) in [6.07, 6.45) is -0.0604. The van der Waals surface area contributed by atoms with Gasteiger partial charge in [-0.05, 0) is 80.7 Å². The van der Waals surface area contributed by atoms with Gasteiger partial charge in [0.15, 0.2) is 5.37 Å². The van der Waals surface area contributed by atoms with Crippen molar-refractivity contribution in [2.45, 2.75) is 224 Å². The molecule has 2 aliphatic heterocycles. The van der Waals surface area contributed by atoms with Gasteiger partial charge in [-0.15, -0.1) is 11.8 Å². The quantitative estimate of drug-likeness (QED) is 0.0427. The van der Waals surface area contributed by atoms with Gasteiger partial charge in [0.05, 0.1) is 19.2 Å². The van der Waals surface area contributed by atoms with Crippen molar-refractivity contribution in [3.63, 3.8) is 0 Å². The molecule has 1 aromatic carbocycles. The molecule has 34 heteroatoms. The van der Waals surface area contributed by atoms with Crippen LogP contribution < -0.4 is 70.0 Å². The monoisotopic (exact) mass is 1420 g/mol. The van der Waals surface area contributed by atoms with Crippen molar-refractivity contribution < 1.29 is 82.4 Å². The Morgan fingerprint density at radius 3 is 1.80 bits per heavy atom. The second kappa shape index (κ2) is 42.1. The lowest BCUT2D eigenvalue weighted by Gasteiger charge is -2.30. The van der Waals surface area contributed by atoms with Crippen LogP contribution in [0.2, 0.25) is 0 Å². The number of hydrogen-bond donors (Lipinski definition) is 17. The minimum Gasteiger partial charge on any atom is -0.481 e. The number of carbonyl (C=O) groups excluding carboxylic acids is 11. The maximum atomic E-state index is 14.9. The van der Waals surface area contributed by atoms with Crippen LogP contribution in [-0.2, 0) is 80.0 Å². The van der Waals surface area contributed by atoms with Crippen LogP contribution >= 0.6 is 11.8 Å². The molecular formula is C66H102N16O17S. The van der Waals surface area contributed by atoms with Gasteiger partial charge in [0, 0.05) is 55.2 Å². The lowest BCUT2D eigenvalue weighted by Crippen LogP contribution is -2.62. The Morgan fingerprint density at radius 1 is 0.640 bits per heavy atom. The first-order valence-corrected chi connectivity index (χ1v) is 35.1. The summed E-state index contributed by atoms with van der Waals surface area (Å²) in [5, 5.41) is 57.1. The molecule has 0 aliphatic carbocycles. The van der Waals surface area contributed by atoms with E-state index >= 15 is 0 Å². The van der Waals surface area contributed by atoms with Crippen LogP contribution in [0.3, 0.4) is 0 Å². The number of rotatable bonds is 31. The van der Waals surface area contributed by atoms with Crippen LogP contribution in [0.4, 0.5) is 0 Å². The number of thioether (sulfide) groups is 1. The van der Waals surface area contributed by atoms with Crippen molar-refractivity contribution >= 4 is 100 Å². The third-order valence-electron chi connectivity index (χ3n) is 17.5. The van der Waals surface area contributed by atoms with Crippen molar-refractivity contribution in [1.82, 2.24) is 68.5 Å². The largest absolute Gasteiger partial charge is 0.481 e. The number of carboxylic acid groups (broad SMARTS) is 3. The van der Waals surface area contributed by atoms with E-state index in [1.54, 1.807) is 71.9 Å². The molecule has 19 N–H and O–H groups in total. The van der Waals surface area contributed by atoms with Crippen LogP contribution in [0.5, 0.6) is 0 Å². The molecule has 0 radical (unpaired) electrons. The number of nitrogens with two attached hydrogens (primary N) is 2. The average molecular weight is 1420 g/mol. The Hall–Kier alpha value is -9.05. The summed E-state index contributed by atoms with van der Waals surface area (Å²) in [7, 11) is 0. The number of nitrogens with zero attached hydrogens (tertiary/aromatic N) is 2. The summed E-state index contributed by atoms with van der Waals surface area (Å²) in [5.41, 5.74) is 13.8. The molecule has 0 spiro atoms. The third-order valence-corrected chi connectivity index (χ3v) is 18.6. The molecule has 1 aromatic heterocycles. The van der Waals surface area contributed by atoms with Gasteiger partial charge in [0.25, 0.3) is 5.91 Å². The van der Waals surface area contributed by atoms with Gasteiger partial charge in [-0.1, -0.05) is 105 Å². The van der Waals surface area contributed by atoms with Gasteiger partial charge in [0.1, 0.15) is 60.4 Å². The zero-order valence-corrected chi connectivity index (χ0v) is 58.8. The topological polar surface area (TPSA) is 525 Å². The molecule has 0 bridgehead atoms. The normalized spacial score (nSPS) is 23.1. The van der Waals surface area contributed by atoms with Gasteiger partial charge in [-0.2, -0.15) is 0 Å². The highest BCUT2D eigenvalue weighted by Gasteiger charge is 2.40. The summed E-state index contributed by atoms with van der Waals surface area (Å²) in [6.45, 7) is 14.0. The Kier molecular flexibility index (Phi) is 35.1.